The highest BCUT2D eigenvalue weighted by Crippen LogP contribution is 2.68. The standard InChI is InChI=1S/C8H8Cl5NO/c1-14-15-4-2-3-5(9)6(10)7(4,11)8(3,12)13/h3-4,14H,2H2,1H3. The molecule has 0 heterocycles. The smallest absolute Gasteiger partial charge is 0.152 e. The molecule has 0 saturated heterocycles. The summed E-state index contributed by atoms with van der Waals surface area (Å²) in [6, 6.07) is 0. The van der Waals surface area contributed by atoms with E-state index in [-0.39, 0.29) is 17.1 Å². The van der Waals surface area contributed by atoms with E-state index in [1.54, 1.807) is 7.05 Å². The molecule has 0 aromatic rings. The highest BCUT2D eigenvalue weighted by Gasteiger charge is 2.72. The van der Waals surface area contributed by atoms with E-state index in [2.05, 4.69) is 5.48 Å². The number of nitrogens with one attached hydrogen (secondary N) is 1. The van der Waals surface area contributed by atoms with Crippen LogP contribution in [0.4, 0.5) is 0 Å². The maximum atomic E-state index is 6.38. The van der Waals surface area contributed by atoms with Crippen LogP contribution in [0.2, 0.25) is 0 Å². The molecule has 1 saturated carbocycles. The van der Waals surface area contributed by atoms with Crippen LogP contribution in [0.1, 0.15) is 6.42 Å². The molecule has 2 aliphatic rings. The fourth-order valence-corrected chi connectivity index (χ4v) is 4.40. The third kappa shape index (κ3) is 1.40. The molecule has 2 aliphatic carbocycles. The minimum atomic E-state index is -1.22. The van der Waals surface area contributed by atoms with Gasteiger partial charge in [-0.05, 0) is 6.42 Å². The van der Waals surface area contributed by atoms with Crippen molar-refractivity contribution in [1.29, 1.82) is 0 Å². The summed E-state index contributed by atoms with van der Waals surface area (Å²) in [6.45, 7) is 0. The number of fused-ring (bicyclic) bond motifs is 2. The van der Waals surface area contributed by atoms with Gasteiger partial charge in [0.25, 0.3) is 0 Å². The Morgan fingerprint density at radius 1 is 1.33 bits per heavy atom. The van der Waals surface area contributed by atoms with E-state index in [0.29, 0.717) is 11.5 Å². The maximum absolute atomic E-state index is 6.38. The van der Waals surface area contributed by atoms with E-state index in [1.807, 2.05) is 0 Å². The first-order chi connectivity index (χ1) is 6.87. The number of alkyl halides is 3. The van der Waals surface area contributed by atoms with Gasteiger partial charge in [-0.2, -0.15) is 0 Å². The minimum absolute atomic E-state index is 0.272. The summed E-state index contributed by atoms with van der Waals surface area (Å²) < 4.78 is -1.22. The van der Waals surface area contributed by atoms with E-state index >= 15 is 0 Å². The van der Waals surface area contributed by atoms with Gasteiger partial charge in [-0.1, -0.05) is 46.4 Å². The Kier molecular flexibility index (Phi) is 3.19. The summed E-state index contributed by atoms with van der Waals surface area (Å²) in [7, 11) is 1.63. The molecule has 15 heavy (non-hydrogen) atoms. The average Bonchev–Trinajstić information content (AvgIpc) is 2.42. The van der Waals surface area contributed by atoms with Crippen LogP contribution in [0.3, 0.4) is 0 Å². The van der Waals surface area contributed by atoms with Crippen LogP contribution in [0.15, 0.2) is 10.1 Å². The van der Waals surface area contributed by atoms with Crippen molar-refractivity contribution in [2.45, 2.75) is 21.7 Å². The number of hydrogen-bond acceptors (Lipinski definition) is 2. The lowest BCUT2D eigenvalue weighted by atomic mass is 10.0. The summed E-state index contributed by atoms with van der Waals surface area (Å²) in [5.41, 5.74) is 2.57. The Balaban J connectivity index is 2.44. The largest absolute Gasteiger partial charge is 0.296 e. The van der Waals surface area contributed by atoms with Crippen LogP contribution in [0.25, 0.3) is 0 Å². The third-order valence-corrected chi connectivity index (χ3v) is 6.11. The van der Waals surface area contributed by atoms with Gasteiger partial charge in [0.2, 0.25) is 0 Å². The fourth-order valence-electron chi connectivity index (χ4n) is 2.14. The molecule has 0 radical (unpaired) electrons. The Labute approximate surface area is 113 Å². The normalized spacial score (nSPS) is 42.8. The second kappa shape index (κ2) is 3.81. The molecule has 86 valence electrons. The van der Waals surface area contributed by atoms with Crippen LogP contribution < -0.4 is 5.48 Å². The molecular formula is C8H8Cl5NO. The first-order valence-corrected chi connectivity index (χ1v) is 6.21. The quantitative estimate of drug-likeness (QED) is 0.623. The Hall–Kier alpha value is 1.11. The van der Waals surface area contributed by atoms with Crippen molar-refractivity contribution in [2.75, 3.05) is 7.05 Å². The summed E-state index contributed by atoms with van der Waals surface area (Å²) in [5.74, 6) is -0.272. The molecule has 0 aliphatic heterocycles. The molecule has 3 unspecified atom stereocenters. The van der Waals surface area contributed by atoms with E-state index < -0.39 is 9.21 Å². The van der Waals surface area contributed by atoms with Crippen LogP contribution in [-0.2, 0) is 4.84 Å². The highest BCUT2D eigenvalue weighted by atomic mass is 35.5. The van der Waals surface area contributed by atoms with Gasteiger partial charge in [0, 0.05) is 18.0 Å². The second-order valence-corrected chi connectivity index (χ2v) is 6.36. The van der Waals surface area contributed by atoms with Crippen molar-refractivity contribution in [3.63, 3.8) is 0 Å². The second-order valence-electron chi connectivity index (χ2n) is 3.60. The van der Waals surface area contributed by atoms with E-state index in [9.17, 15) is 0 Å². The lowest BCUT2D eigenvalue weighted by molar-refractivity contribution is -0.0203. The zero-order chi connectivity index (χ0) is 11.4. The van der Waals surface area contributed by atoms with Gasteiger partial charge < -0.3 is 0 Å². The molecule has 0 amide bonds. The number of rotatable bonds is 2. The van der Waals surface area contributed by atoms with Gasteiger partial charge in [0.1, 0.15) is 11.0 Å². The number of allylic oxidation sites excluding steroid dienone is 1. The van der Waals surface area contributed by atoms with Crippen LogP contribution >= 0.6 is 58.0 Å². The third-order valence-electron chi connectivity index (χ3n) is 2.91. The Morgan fingerprint density at radius 2 is 1.93 bits per heavy atom. The Bertz CT molecular complexity index is 331. The fraction of sp³-hybridized carbons (Fsp3) is 0.750. The number of hydroxylamine groups is 1. The van der Waals surface area contributed by atoms with Gasteiger partial charge in [0.15, 0.2) is 4.33 Å². The van der Waals surface area contributed by atoms with Crippen molar-refractivity contribution in [2.24, 2.45) is 5.92 Å². The van der Waals surface area contributed by atoms with Crippen molar-refractivity contribution in [3.8, 4) is 0 Å². The minimum Gasteiger partial charge on any atom is -0.296 e. The summed E-state index contributed by atoms with van der Waals surface area (Å²) in [6.07, 6.45) is 0.158. The van der Waals surface area contributed by atoms with E-state index in [1.165, 1.54) is 0 Å². The first kappa shape index (κ1) is 12.6. The van der Waals surface area contributed by atoms with Crippen molar-refractivity contribution < 1.29 is 4.84 Å². The monoisotopic (exact) mass is 309 g/mol. The lowest BCUT2D eigenvalue weighted by Gasteiger charge is -2.32. The Morgan fingerprint density at radius 3 is 2.33 bits per heavy atom. The van der Waals surface area contributed by atoms with E-state index in [4.69, 9.17) is 62.8 Å². The van der Waals surface area contributed by atoms with Gasteiger partial charge in [0.05, 0.1) is 5.03 Å². The van der Waals surface area contributed by atoms with E-state index in [0.717, 1.165) is 0 Å². The first-order valence-electron chi connectivity index (χ1n) is 4.32. The predicted octanol–water partition coefficient (Wildman–Crippen LogP) is 3.38. The van der Waals surface area contributed by atoms with Crippen molar-refractivity contribution in [3.05, 3.63) is 10.1 Å². The predicted molar refractivity (Wildman–Crippen MR) is 63.8 cm³/mol. The molecule has 2 bridgehead atoms. The molecule has 0 aromatic carbocycles. The van der Waals surface area contributed by atoms with Gasteiger partial charge in [-0.3, -0.25) is 4.84 Å². The molecular weight excluding hydrogens is 303 g/mol. The lowest BCUT2D eigenvalue weighted by Crippen LogP contribution is -2.45. The SMILES string of the molecule is CNOC1CC2C(Cl)=C(Cl)C1(Cl)C2(Cl)Cl. The molecule has 0 aromatic heterocycles. The number of halogens is 5. The maximum Gasteiger partial charge on any atom is 0.152 e. The molecule has 1 N–H and O–H groups in total. The van der Waals surface area contributed by atoms with Crippen LogP contribution in [0.5, 0.6) is 0 Å². The average molecular weight is 311 g/mol. The van der Waals surface area contributed by atoms with Gasteiger partial charge in [-0.15, -0.1) is 11.6 Å². The zero-order valence-corrected chi connectivity index (χ0v) is 11.4. The molecule has 1 fully saturated rings. The van der Waals surface area contributed by atoms with Crippen molar-refractivity contribution >= 4 is 58.0 Å². The summed E-state index contributed by atoms with van der Waals surface area (Å²) in [5, 5.41) is 0.722. The zero-order valence-electron chi connectivity index (χ0n) is 7.66. The molecule has 0 spiro atoms. The summed E-state index contributed by atoms with van der Waals surface area (Å²) in [4.78, 5) is 4.10. The molecule has 2 rings (SSSR count). The number of hydrogen-bond donors (Lipinski definition) is 1. The van der Waals surface area contributed by atoms with Gasteiger partial charge in [-0.25, -0.2) is 5.48 Å². The van der Waals surface area contributed by atoms with Gasteiger partial charge >= 0.3 is 0 Å². The molecule has 2 nitrogen and oxygen atoms in total. The topological polar surface area (TPSA) is 21.3 Å². The molecule has 3 atom stereocenters. The highest BCUT2D eigenvalue weighted by molar-refractivity contribution is 6.60. The van der Waals surface area contributed by atoms with Crippen LogP contribution in [-0.4, -0.2) is 22.4 Å². The van der Waals surface area contributed by atoms with Crippen molar-refractivity contribution in [1.82, 2.24) is 5.48 Å². The summed E-state index contributed by atoms with van der Waals surface area (Å²) >= 11 is 30.9. The molecule has 7 heteroatoms. The van der Waals surface area contributed by atoms with Crippen LogP contribution in [0, 0.1) is 5.92 Å².